The molecule has 0 unspecified atom stereocenters. The fraction of sp³-hybridized carbons (Fsp3) is 0.538. The van der Waals surface area contributed by atoms with Crippen LogP contribution in [0.4, 0.5) is 5.69 Å². The van der Waals surface area contributed by atoms with Crippen molar-refractivity contribution >= 4 is 28.9 Å². The van der Waals surface area contributed by atoms with Crippen molar-refractivity contribution in [1.82, 2.24) is 4.90 Å². The first-order chi connectivity index (χ1) is 8.24. The maximum Gasteiger partial charge on any atom is 0.0494 e. The molecule has 1 saturated heterocycles. The zero-order valence-electron chi connectivity index (χ0n) is 10.1. The average molecular weight is 273 g/mol. The SMILES string of the molecule is CCN1CCN(c2cc(Cl)ccc2CCl)CC1. The second-order valence-electron chi connectivity index (χ2n) is 4.33. The predicted octanol–water partition coefficient (Wildman–Crippen LogP) is 3.22. The molecule has 0 N–H and O–H groups in total. The maximum atomic E-state index is 6.07. The molecule has 1 aliphatic rings. The van der Waals surface area contributed by atoms with Gasteiger partial charge in [0.25, 0.3) is 0 Å². The number of nitrogens with zero attached hydrogens (tertiary/aromatic N) is 2. The van der Waals surface area contributed by atoms with E-state index in [9.17, 15) is 0 Å². The Hall–Kier alpha value is -0.440. The summed E-state index contributed by atoms with van der Waals surface area (Å²) in [5, 5.41) is 0.784. The number of halogens is 2. The van der Waals surface area contributed by atoms with Crippen LogP contribution in [0.15, 0.2) is 18.2 Å². The third-order valence-electron chi connectivity index (χ3n) is 3.35. The highest BCUT2D eigenvalue weighted by molar-refractivity contribution is 6.31. The molecule has 1 aromatic rings. The van der Waals surface area contributed by atoms with E-state index in [0.717, 1.165) is 37.7 Å². The summed E-state index contributed by atoms with van der Waals surface area (Å²) in [6, 6.07) is 5.96. The third kappa shape index (κ3) is 3.06. The predicted molar refractivity (Wildman–Crippen MR) is 75.3 cm³/mol. The molecule has 0 atom stereocenters. The van der Waals surface area contributed by atoms with Crippen molar-refractivity contribution in [2.24, 2.45) is 0 Å². The van der Waals surface area contributed by atoms with Crippen molar-refractivity contribution in [1.29, 1.82) is 0 Å². The second kappa shape index (κ2) is 5.94. The van der Waals surface area contributed by atoms with E-state index in [-0.39, 0.29) is 0 Å². The Bertz CT molecular complexity index is 374. The smallest absolute Gasteiger partial charge is 0.0494 e. The molecule has 1 fully saturated rings. The first kappa shape index (κ1) is 13.0. The topological polar surface area (TPSA) is 6.48 Å². The molecule has 1 heterocycles. The van der Waals surface area contributed by atoms with E-state index in [1.807, 2.05) is 18.2 Å². The van der Waals surface area contributed by atoms with E-state index in [1.165, 1.54) is 11.3 Å². The molecule has 2 rings (SSSR count). The molecular weight excluding hydrogens is 255 g/mol. The molecule has 0 spiro atoms. The number of likely N-dealkylation sites (N-methyl/N-ethyl adjacent to an activating group) is 1. The molecular formula is C13H18Cl2N2. The van der Waals surface area contributed by atoms with E-state index < -0.39 is 0 Å². The van der Waals surface area contributed by atoms with Crippen molar-refractivity contribution in [2.75, 3.05) is 37.6 Å². The fourth-order valence-electron chi connectivity index (χ4n) is 2.25. The van der Waals surface area contributed by atoms with Crippen LogP contribution in [-0.2, 0) is 5.88 Å². The van der Waals surface area contributed by atoms with Crippen molar-refractivity contribution in [2.45, 2.75) is 12.8 Å². The van der Waals surface area contributed by atoms with Gasteiger partial charge in [0.2, 0.25) is 0 Å². The molecule has 94 valence electrons. The van der Waals surface area contributed by atoms with Crippen LogP contribution in [0.1, 0.15) is 12.5 Å². The monoisotopic (exact) mass is 272 g/mol. The number of alkyl halides is 1. The van der Waals surface area contributed by atoms with Gasteiger partial charge in [-0.3, -0.25) is 0 Å². The zero-order valence-corrected chi connectivity index (χ0v) is 11.6. The van der Waals surface area contributed by atoms with Crippen LogP contribution in [0, 0.1) is 0 Å². The van der Waals surface area contributed by atoms with Crippen LogP contribution in [0.2, 0.25) is 5.02 Å². The average Bonchev–Trinajstić information content (AvgIpc) is 2.39. The summed E-state index contributed by atoms with van der Waals surface area (Å²) >= 11 is 12.0. The Labute approximate surface area is 113 Å². The second-order valence-corrected chi connectivity index (χ2v) is 5.03. The summed E-state index contributed by atoms with van der Waals surface area (Å²) in [4.78, 5) is 4.84. The largest absolute Gasteiger partial charge is 0.369 e. The van der Waals surface area contributed by atoms with Gasteiger partial charge in [-0.15, -0.1) is 11.6 Å². The maximum absolute atomic E-state index is 6.07. The van der Waals surface area contributed by atoms with Crippen LogP contribution in [-0.4, -0.2) is 37.6 Å². The lowest BCUT2D eigenvalue weighted by atomic mass is 10.1. The number of hydrogen-bond acceptors (Lipinski definition) is 2. The van der Waals surface area contributed by atoms with Crippen LogP contribution < -0.4 is 4.90 Å². The molecule has 0 bridgehead atoms. The first-order valence-corrected chi connectivity index (χ1v) is 6.97. The van der Waals surface area contributed by atoms with Gasteiger partial charge in [0.05, 0.1) is 0 Å². The summed E-state index contributed by atoms with van der Waals surface area (Å²) in [5.74, 6) is 0.542. The molecule has 0 radical (unpaired) electrons. The third-order valence-corrected chi connectivity index (χ3v) is 3.87. The van der Waals surface area contributed by atoms with Crippen LogP contribution >= 0.6 is 23.2 Å². The summed E-state index contributed by atoms with van der Waals surface area (Å²) in [5.41, 5.74) is 2.37. The van der Waals surface area contributed by atoms with Gasteiger partial charge in [-0.05, 0) is 24.2 Å². The van der Waals surface area contributed by atoms with Crippen LogP contribution in [0.5, 0.6) is 0 Å². The lowest BCUT2D eigenvalue weighted by Crippen LogP contribution is -2.46. The number of benzene rings is 1. The number of rotatable bonds is 3. The fourth-order valence-corrected chi connectivity index (χ4v) is 2.64. The summed E-state index contributed by atoms with van der Waals surface area (Å²) in [6.45, 7) is 7.68. The van der Waals surface area contributed by atoms with E-state index in [2.05, 4.69) is 16.7 Å². The van der Waals surface area contributed by atoms with Crippen LogP contribution in [0.25, 0.3) is 0 Å². The highest BCUT2D eigenvalue weighted by Crippen LogP contribution is 2.27. The Balaban J connectivity index is 2.14. The molecule has 0 aliphatic carbocycles. The minimum atomic E-state index is 0.542. The van der Waals surface area contributed by atoms with Crippen molar-refractivity contribution in [3.63, 3.8) is 0 Å². The summed E-state index contributed by atoms with van der Waals surface area (Å²) < 4.78 is 0. The van der Waals surface area contributed by atoms with Gasteiger partial charge in [0, 0.05) is 42.8 Å². The normalized spacial score (nSPS) is 17.5. The zero-order chi connectivity index (χ0) is 12.3. The van der Waals surface area contributed by atoms with Crippen molar-refractivity contribution in [3.8, 4) is 0 Å². The number of anilines is 1. The van der Waals surface area contributed by atoms with Gasteiger partial charge < -0.3 is 9.80 Å². The van der Waals surface area contributed by atoms with Gasteiger partial charge in [-0.1, -0.05) is 24.6 Å². The number of hydrogen-bond donors (Lipinski definition) is 0. The van der Waals surface area contributed by atoms with Crippen molar-refractivity contribution < 1.29 is 0 Å². The number of piperazine rings is 1. The quantitative estimate of drug-likeness (QED) is 0.780. The molecule has 1 aliphatic heterocycles. The van der Waals surface area contributed by atoms with Crippen molar-refractivity contribution in [3.05, 3.63) is 28.8 Å². The highest BCUT2D eigenvalue weighted by Gasteiger charge is 2.18. The van der Waals surface area contributed by atoms with Gasteiger partial charge in [-0.2, -0.15) is 0 Å². The Kier molecular flexibility index (Phi) is 4.55. The van der Waals surface area contributed by atoms with Gasteiger partial charge in [0.1, 0.15) is 0 Å². The standard InChI is InChI=1S/C13H18Cl2N2/c1-2-16-5-7-17(8-6-16)13-9-12(15)4-3-11(13)10-14/h3-4,9H,2,5-8,10H2,1H3. The summed E-state index contributed by atoms with van der Waals surface area (Å²) in [7, 11) is 0. The molecule has 1 aromatic carbocycles. The van der Waals surface area contributed by atoms with Gasteiger partial charge in [0.15, 0.2) is 0 Å². The van der Waals surface area contributed by atoms with Crippen LogP contribution in [0.3, 0.4) is 0 Å². The van der Waals surface area contributed by atoms with Gasteiger partial charge in [-0.25, -0.2) is 0 Å². The molecule has 4 heteroatoms. The minimum absolute atomic E-state index is 0.542. The lowest BCUT2D eigenvalue weighted by molar-refractivity contribution is 0.271. The summed E-state index contributed by atoms with van der Waals surface area (Å²) in [6.07, 6.45) is 0. The van der Waals surface area contributed by atoms with E-state index in [0.29, 0.717) is 5.88 Å². The van der Waals surface area contributed by atoms with E-state index >= 15 is 0 Å². The molecule has 0 saturated carbocycles. The Morgan fingerprint density at radius 1 is 1.18 bits per heavy atom. The van der Waals surface area contributed by atoms with E-state index in [1.54, 1.807) is 0 Å². The first-order valence-electron chi connectivity index (χ1n) is 6.06. The lowest BCUT2D eigenvalue weighted by Gasteiger charge is -2.36. The molecule has 0 amide bonds. The Morgan fingerprint density at radius 2 is 1.88 bits per heavy atom. The molecule has 17 heavy (non-hydrogen) atoms. The minimum Gasteiger partial charge on any atom is -0.369 e. The Morgan fingerprint density at radius 3 is 2.47 bits per heavy atom. The van der Waals surface area contributed by atoms with Gasteiger partial charge >= 0.3 is 0 Å². The molecule has 2 nitrogen and oxygen atoms in total. The molecule has 0 aromatic heterocycles. The van der Waals surface area contributed by atoms with E-state index in [4.69, 9.17) is 23.2 Å². The highest BCUT2D eigenvalue weighted by atomic mass is 35.5.